The van der Waals surface area contributed by atoms with Crippen molar-refractivity contribution in [2.24, 2.45) is 17.8 Å². The zero-order valence-corrected chi connectivity index (χ0v) is 15.2. The molecule has 0 amide bonds. The summed E-state index contributed by atoms with van der Waals surface area (Å²) in [5, 5.41) is 0.690. The van der Waals surface area contributed by atoms with Gasteiger partial charge in [0, 0.05) is 54.4 Å². The number of aromatic nitrogens is 1. The molecule has 1 aliphatic carbocycles. The molecule has 2 atom stereocenters. The smallest absolute Gasteiger partial charge is 0.340 e. The summed E-state index contributed by atoms with van der Waals surface area (Å²) in [5.41, 5.74) is 2.40. The molecule has 4 bridgehead atoms. The highest BCUT2D eigenvalue weighted by molar-refractivity contribution is 6.30. The van der Waals surface area contributed by atoms with Gasteiger partial charge < -0.3 is 9.64 Å². The molecular formula is C21H21ClN2O2. The second-order valence-electron chi connectivity index (χ2n) is 7.92. The molecular weight excluding hydrogens is 348 g/mol. The van der Waals surface area contributed by atoms with Crippen LogP contribution in [0, 0.1) is 17.8 Å². The Kier molecular flexibility index (Phi) is 3.98. The number of benzene rings is 1. The van der Waals surface area contributed by atoms with Gasteiger partial charge in [-0.05, 0) is 42.5 Å². The Balaban J connectivity index is 1.34. The normalized spacial score (nSPS) is 31.8. The number of nitrogens with zero attached hydrogens (tertiary/aromatic N) is 2. The van der Waals surface area contributed by atoms with Crippen molar-refractivity contribution in [3.05, 3.63) is 53.3 Å². The van der Waals surface area contributed by atoms with Crippen LogP contribution < -0.4 is 0 Å². The van der Waals surface area contributed by atoms with Gasteiger partial charge in [0.2, 0.25) is 0 Å². The fourth-order valence-electron chi connectivity index (χ4n) is 5.10. The predicted molar refractivity (Wildman–Crippen MR) is 100 cm³/mol. The number of halogens is 1. The van der Waals surface area contributed by atoms with E-state index in [1.165, 1.54) is 19.4 Å². The van der Waals surface area contributed by atoms with Crippen LogP contribution in [0.1, 0.15) is 23.2 Å². The molecule has 1 saturated carbocycles. The summed E-state index contributed by atoms with van der Waals surface area (Å²) in [6, 6.07) is 9.40. The molecule has 2 aromatic rings. The van der Waals surface area contributed by atoms with E-state index in [0.29, 0.717) is 22.4 Å². The van der Waals surface area contributed by atoms with Crippen molar-refractivity contribution >= 4 is 17.6 Å². The molecule has 4 fully saturated rings. The summed E-state index contributed by atoms with van der Waals surface area (Å²) in [6.45, 7) is 3.39. The average molecular weight is 369 g/mol. The standard InChI is InChI=1S/C21H21ClN2O2/c22-19-3-1-14(2-4-19)15-7-16(9-23-8-15)21(25)26-20-17-5-13-6-18(20)12-24(10-13)11-17/h1-4,7-9,13,17-18,20H,5-6,10-12H2. The summed E-state index contributed by atoms with van der Waals surface area (Å²) >= 11 is 5.96. The summed E-state index contributed by atoms with van der Waals surface area (Å²) in [4.78, 5) is 19.6. The highest BCUT2D eigenvalue weighted by atomic mass is 35.5. The molecule has 5 heteroatoms. The maximum Gasteiger partial charge on any atom is 0.340 e. The van der Waals surface area contributed by atoms with Gasteiger partial charge in [-0.25, -0.2) is 4.79 Å². The molecule has 26 heavy (non-hydrogen) atoms. The highest BCUT2D eigenvalue weighted by Crippen LogP contribution is 2.45. The molecule has 2 unspecified atom stereocenters. The molecule has 4 heterocycles. The molecule has 6 rings (SSSR count). The van der Waals surface area contributed by atoms with Gasteiger partial charge in [-0.1, -0.05) is 23.7 Å². The maximum absolute atomic E-state index is 12.8. The summed E-state index contributed by atoms with van der Waals surface area (Å²) in [5.74, 6) is 1.55. The van der Waals surface area contributed by atoms with Crippen molar-refractivity contribution in [1.29, 1.82) is 0 Å². The molecule has 0 spiro atoms. The number of pyridine rings is 1. The van der Waals surface area contributed by atoms with Crippen molar-refractivity contribution in [3.63, 3.8) is 0 Å². The van der Waals surface area contributed by atoms with Crippen LogP contribution in [0.5, 0.6) is 0 Å². The lowest BCUT2D eigenvalue weighted by atomic mass is 9.66. The zero-order chi connectivity index (χ0) is 17.7. The van der Waals surface area contributed by atoms with Gasteiger partial charge in [-0.3, -0.25) is 4.98 Å². The van der Waals surface area contributed by atoms with E-state index in [1.807, 2.05) is 30.3 Å². The summed E-state index contributed by atoms with van der Waals surface area (Å²) < 4.78 is 6.00. The van der Waals surface area contributed by atoms with E-state index in [9.17, 15) is 4.79 Å². The Hall–Kier alpha value is -1.91. The summed E-state index contributed by atoms with van der Waals surface area (Å²) in [6.07, 6.45) is 5.83. The third-order valence-electron chi connectivity index (χ3n) is 6.10. The Morgan fingerprint density at radius 2 is 1.77 bits per heavy atom. The second-order valence-corrected chi connectivity index (χ2v) is 8.35. The quantitative estimate of drug-likeness (QED) is 0.770. The van der Waals surface area contributed by atoms with Crippen LogP contribution in [-0.2, 0) is 4.74 Å². The van der Waals surface area contributed by atoms with Crippen LogP contribution >= 0.6 is 11.6 Å². The Morgan fingerprint density at radius 1 is 1.04 bits per heavy atom. The first-order valence-corrected chi connectivity index (χ1v) is 9.68. The van der Waals surface area contributed by atoms with Gasteiger partial charge in [0.05, 0.1) is 5.56 Å². The van der Waals surface area contributed by atoms with E-state index in [1.54, 1.807) is 12.4 Å². The molecule has 4 nitrogen and oxygen atoms in total. The number of piperidine rings is 3. The van der Waals surface area contributed by atoms with Crippen LogP contribution in [-0.4, -0.2) is 41.6 Å². The Labute approximate surface area is 158 Å². The maximum atomic E-state index is 12.8. The Bertz CT molecular complexity index is 808. The number of esters is 1. The third-order valence-corrected chi connectivity index (χ3v) is 6.35. The molecule has 3 aliphatic heterocycles. The Morgan fingerprint density at radius 3 is 2.46 bits per heavy atom. The van der Waals surface area contributed by atoms with Gasteiger partial charge >= 0.3 is 5.97 Å². The molecule has 0 N–H and O–H groups in total. The fraction of sp³-hybridized carbons (Fsp3) is 0.429. The van der Waals surface area contributed by atoms with E-state index in [2.05, 4.69) is 9.88 Å². The lowest BCUT2D eigenvalue weighted by molar-refractivity contribution is -0.116. The van der Waals surface area contributed by atoms with Crippen LogP contribution in [0.3, 0.4) is 0 Å². The first kappa shape index (κ1) is 16.3. The van der Waals surface area contributed by atoms with E-state index >= 15 is 0 Å². The minimum absolute atomic E-state index is 0.0643. The molecule has 3 saturated heterocycles. The van der Waals surface area contributed by atoms with Crippen molar-refractivity contribution in [1.82, 2.24) is 9.88 Å². The minimum Gasteiger partial charge on any atom is -0.458 e. The van der Waals surface area contributed by atoms with E-state index in [-0.39, 0.29) is 12.1 Å². The first-order valence-electron chi connectivity index (χ1n) is 9.30. The van der Waals surface area contributed by atoms with Crippen LogP contribution in [0.4, 0.5) is 0 Å². The molecule has 4 aliphatic rings. The molecule has 134 valence electrons. The number of rotatable bonds is 3. The van der Waals surface area contributed by atoms with Crippen molar-refractivity contribution < 1.29 is 9.53 Å². The summed E-state index contributed by atoms with van der Waals surface area (Å²) in [7, 11) is 0. The van der Waals surface area contributed by atoms with Crippen LogP contribution in [0.15, 0.2) is 42.7 Å². The van der Waals surface area contributed by atoms with Gasteiger partial charge in [-0.15, -0.1) is 0 Å². The third kappa shape index (κ3) is 2.91. The topological polar surface area (TPSA) is 42.4 Å². The lowest BCUT2D eigenvalue weighted by Gasteiger charge is -2.55. The monoisotopic (exact) mass is 368 g/mol. The van der Waals surface area contributed by atoms with E-state index < -0.39 is 0 Å². The van der Waals surface area contributed by atoms with E-state index in [0.717, 1.165) is 30.1 Å². The number of hydrogen-bond donors (Lipinski definition) is 0. The largest absolute Gasteiger partial charge is 0.458 e. The predicted octanol–water partition coefficient (Wildman–Crippen LogP) is 3.90. The van der Waals surface area contributed by atoms with Gasteiger partial charge in [-0.2, -0.15) is 0 Å². The van der Waals surface area contributed by atoms with Crippen LogP contribution in [0.25, 0.3) is 11.1 Å². The minimum atomic E-state index is -0.249. The van der Waals surface area contributed by atoms with E-state index in [4.69, 9.17) is 16.3 Å². The first-order chi connectivity index (χ1) is 12.7. The number of carbonyl (C=O) groups is 1. The number of carbonyl (C=O) groups excluding carboxylic acids is 1. The van der Waals surface area contributed by atoms with Gasteiger partial charge in [0.25, 0.3) is 0 Å². The lowest BCUT2D eigenvalue weighted by Crippen LogP contribution is -2.60. The molecule has 0 radical (unpaired) electrons. The van der Waals surface area contributed by atoms with Crippen LogP contribution in [0.2, 0.25) is 5.02 Å². The van der Waals surface area contributed by atoms with Crippen molar-refractivity contribution in [2.45, 2.75) is 18.9 Å². The second kappa shape index (κ2) is 6.36. The SMILES string of the molecule is O=C(OC1C2CC3CC1CN(C3)C2)c1cncc(-c2ccc(Cl)cc2)c1. The zero-order valence-electron chi connectivity index (χ0n) is 14.5. The van der Waals surface area contributed by atoms with Crippen molar-refractivity contribution in [2.75, 3.05) is 19.6 Å². The molecule has 1 aromatic heterocycles. The van der Waals surface area contributed by atoms with Gasteiger partial charge in [0.1, 0.15) is 6.10 Å². The average Bonchev–Trinajstić information content (AvgIpc) is 2.65. The number of ether oxygens (including phenoxy) is 1. The molecule has 1 aromatic carbocycles. The fourth-order valence-corrected chi connectivity index (χ4v) is 5.23. The highest BCUT2D eigenvalue weighted by Gasteiger charge is 2.49. The number of hydrogen-bond acceptors (Lipinski definition) is 4. The van der Waals surface area contributed by atoms with Gasteiger partial charge in [0.15, 0.2) is 0 Å². The van der Waals surface area contributed by atoms with Crippen molar-refractivity contribution in [3.8, 4) is 11.1 Å².